The van der Waals surface area contributed by atoms with E-state index < -0.39 is 15.8 Å². The maximum absolute atomic E-state index is 12.1. The van der Waals surface area contributed by atoms with Gasteiger partial charge in [0, 0.05) is 12.8 Å². The number of hydrogen-bond donors (Lipinski definition) is 0. The maximum atomic E-state index is 12.1. The highest BCUT2D eigenvalue weighted by Gasteiger charge is 2.19. The van der Waals surface area contributed by atoms with E-state index in [9.17, 15) is 13.2 Å². The average Bonchev–Trinajstić information content (AvgIpc) is 2.59. The summed E-state index contributed by atoms with van der Waals surface area (Å²) in [6.45, 7) is 0.938. The smallest absolute Gasteiger partial charge is 0.337 e. The van der Waals surface area contributed by atoms with Gasteiger partial charge < -0.3 is 14.4 Å². The molecule has 0 saturated heterocycles. The SMILES string of the molecule is COC(=O)c1ccc(Oc2ccc(CCN(C)C)cc2)c(S(C)(=O)=O)c1. The third-order valence-corrected chi connectivity index (χ3v) is 4.88. The molecular weight excluding hydrogens is 354 g/mol. The highest BCUT2D eigenvalue weighted by molar-refractivity contribution is 7.90. The normalized spacial score (nSPS) is 11.4. The molecule has 0 bridgehead atoms. The largest absolute Gasteiger partial charge is 0.465 e. The first-order valence-electron chi connectivity index (χ1n) is 8.04. The predicted octanol–water partition coefficient (Wildman–Crippen LogP) is 2.77. The van der Waals surface area contributed by atoms with Crippen LogP contribution in [0.5, 0.6) is 11.5 Å². The van der Waals surface area contributed by atoms with E-state index in [1.54, 1.807) is 12.1 Å². The van der Waals surface area contributed by atoms with Crippen LogP contribution >= 0.6 is 0 Å². The number of carbonyl (C=O) groups is 1. The van der Waals surface area contributed by atoms with Crippen LogP contribution in [0.1, 0.15) is 15.9 Å². The van der Waals surface area contributed by atoms with Gasteiger partial charge in [-0.2, -0.15) is 0 Å². The van der Waals surface area contributed by atoms with Crippen molar-refractivity contribution in [1.82, 2.24) is 4.90 Å². The van der Waals surface area contributed by atoms with Gasteiger partial charge in [-0.15, -0.1) is 0 Å². The standard InChI is InChI=1S/C19H23NO5S/c1-20(2)12-11-14-5-8-16(9-6-14)25-17-10-7-15(19(21)24-3)13-18(17)26(4,22)23/h5-10,13H,11-12H2,1-4H3. The third-order valence-electron chi connectivity index (χ3n) is 3.76. The number of methoxy groups -OCH3 is 1. The Morgan fingerprint density at radius 1 is 1.08 bits per heavy atom. The lowest BCUT2D eigenvalue weighted by Gasteiger charge is -2.12. The van der Waals surface area contributed by atoms with Crippen LogP contribution < -0.4 is 4.74 Å². The molecule has 0 spiro atoms. The molecule has 6 nitrogen and oxygen atoms in total. The van der Waals surface area contributed by atoms with E-state index in [1.165, 1.54) is 25.3 Å². The van der Waals surface area contributed by atoms with E-state index in [0.29, 0.717) is 5.75 Å². The van der Waals surface area contributed by atoms with Crippen molar-refractivity contribution < 1.29 is 22.7 Å². The number of carbonyl (C=O) groups excluding carboxylic acids is 1. The number of ether oxygens (including phenoxy) is 2. The Kier molecular flexibility index (Phi) is 6.39. The second-order valence-corrected chi connectivity index (χ2v) is 8.21. The Morgan fingerprint density at radius 3 is 2.27 bits per heavy atom. The van der Waals surface area contributed by atoms with Crippen molar-refractivity contribution in [2.75, 3.05) is 34.0 Å². The summed E-state index contributed by atoms with van der Waals surface area (Å²) < 4.78 is 34.5. The molecule has 0 unspecified atom stereocenters. The lowest BCUT2D eigenvalue weighted by molar-refractivity contribution is 0.0600. The zero-order valence-corrected chi connectivity index (χ0v) is 16.2. The van der Waals surface area contributed by atoms with Crippen LogP contribution in [-0.2, 0) is 21.0 Å². The fraction of sp³-hybridized carbons (Fsp3) is 0.316. The molecule has 0 amide bonds. The Morgan fingerprint density at radius 2 is 1.73 bits per heavy atom. The zero-order chi connectivity index (χ0) is 19.3. The number of likely N-dealkylation sites (N-methyl/N-ethyl adjacent to an activating group) is 1. The zero-order valence-electron chi connectivity index (χ0n) is 15.4. The van der Waals surface area contributed by atoms with Crippen molar-refractivity contribution in [2.24, 2.45) is 0 Å². The topological polar surface area (TPSA) is 72.9 Å². The van der Waals surface area contributed by atoms with Gasteiger partial charge in [-0.3, -0.25) is 0 Å². The first-order chi connectivity index (χ1) is 12.2. The summed E-state index contributed by atoms with van der Waals surface area (Å²) in [5.41, 5.74) is 1.31. The van der Waals surface area contributed by atoms with Crippen LogP contribution in [0, 0.1) is 0 Å². The molecule has 0 saturated carbocycles. The molecule has 0 radical (unpaired) electrons. The molecular formula is C19H23NO5S. The quantitative estimate of drug-likeness (QED) is 0.691. The summed E-state index contributed by atoms with van der Waals surface area (Å²) in [5, 5.41) is 0. The van der Waals surface area contributed by atoms with Gasteiger partial charge in [0.15, 0.2) is 9.84 Å². The van der Waals surface area contributed by atoms with E-state index in [-0.39, 0.29) is 16.2 Å². The van der Waals surface area contributed by atoms with Crippen molar-refractivity contribution in [2.45, 2.75) is 11.3 Å². The maximum Gasteiger partial charge on any atom is 0.337 e. The molecule has 26 heavy (non-hydrogen) atoms. The molecule has 7 heteroatoms. The van der Waals surface area contributed by atoms with Crippen molar-refractivity contribution in [3.63, 3.8) is 0 Å². The summed E-state index contributed by atoms with van der Waals surface area (Å²) in [5.74, 6) is 0.0854. The molecule has 0 heterocycles. The van der Waals surface area contributed by atoms with Gasteiger partial charge >= 0.3 is 5.97 Å². The van der Waals surface area contributed by atoms with Crippen molar-refractivity contribution in [3.8, 4) is 11.5 Å². The minimum absolute atomic E-state index is 0.0583. The molecule has 0 N–H and O–H groups in total. The Balaban J connectivity index is 2.27. The second kappa shape index (κ2) is 8.33. The summed E-state index contributed by atoms with van der Waals surface area (Å²) in [4.78, 5) is 13.7. The van der Waals surface area contributed by atoms with Gasteiger partial charge in [0.1, 0.15) is 16.4 Å². The predicted molar refractivity (Wildman–Crippen MR) is 99.7 cm³/mol. The van der Waals surface area contributed by atoms with Crippen LogP contribution in [0.25, 0.3) is 0 Å². The number of benzene rings is 2. The minimum atomic E-state index is -3.58. The number of rotatable bonds is 7. The van der Waals surface area contributed by atoms with Crippen LogP contribution in [0.15, 0.2) is 47.4 Å². The van der Waals surface area contributed by atoms with Gasteiger partial charge in [-0.1, -0.05) is 12.1 Å². The molecule has 140 valence electrons. The summed E-state index contributed by atoms with van der Waals surface area (Å²) in [6, 6.07) is 11.7. The van der Waals surface area contributed by atoms with Gasteiger partial charge in [0.25, 0.3) is 0 Å². The van der Waals surface area contributed by atoms with Gasteiger partial charge in [-0.25, -0.2) is 13.2 Å². The van der Waals surface area contributed by atoms with E-state index in [1.807, 2.05) is 26.2 Å². The summed E-state index contributed by atoms with van der Waals surface area (Å²) >= 11 is 0. The molecule has 0 fully saturated rings. The van der Waals surface area contributed by atoms with Crippen LogP contribution in [0.4, 0.5) is 0 Å². The van der Waals surface area contributed by atoms with Crippen LogP contribution in [0.3, 0.4) is 0 Å². The lowest BCUT2D eigenvalue weighted by Crippen LogP contribution is -2.14. The van der Waals surface area contributed by atoms with Crippen molar-refractivity contribution >= 4 is 15.8 Å². The monoisotopic (exact) mass is 377 g/mol. The lowest BCUT2D eigenvalue weighted by atomic mass is 10.1. The van der Waals surface area contributed by atoms with Crippen molar-refractivity contribution in [3.05, 3.63) is 53.6 Å². The Bertz CT molecular complexity index is 873. The van der Waals surface area contributed by atoms with Crippen molar-refractivity contribution in [1.29, 1.82) is 0 Å². The first kappa shape index (κ1) is 19.9. The number of sulfone groups is 1. The third kappa shape index (κ3) is 5.31. The first-order valence-corrected chi connectivity index (χ1v) is 9.94. The highest BCUT2D eigenvalue weighted by atomic mass is 32.2. The highest BCUT2D eigenvalue weighted by Crippen LogP contribution is 2.30. The molecule has 2 aromatic rings. The number of nitrogens with zero attached hydrogens (tertiary/aromatic N) is 1. The summed E-state index contributed by atoms with van der Waals surface area (Å²) in [7, 11) is 1.69. The number of esters is 1. The van der Waals surface area contributed by atoms with Gasteiger partial charge in [-0.05, 0) is 56.4 Å². The second-order valence-electron chi connectivity index (χ2n) is 6.22. The fourth-order valence-electron chi connectivity index (χ4n) is 2.33. The average molecular weight is 377 g/mol. The van der Waals surface area contributed by atoms with Gasteiger partial charge in [0.2, 0.25) is 0 Å². The molecule has 2 rings (SSSR count). The summed E-state index contributed by atoms with van der Waals surface area (Å²) in [6.07, 6.45) is 1.98. The van der Waals surface area contributed by atoms with E-state index in [4.69, 9.17) is 4.74 Å². The molecule has 0 aliphatic heterocycles. The van der Waals surface area contributed by atoms with E-state index in [0.717, 1.165) is 24.8 Å². The van der Waals surface area contributed by atoms with Gasteiger partial charge in [0.05, 0.1) is 12.7 Å². The Hall–Kier alpha value is -2.38. The van der Waals surface area contributed by atoms with Crippen LogP contribution in [0.2, 0.25) is 0 Å². The molecule has 0 aliphatic rings. The number of hydrogen-bond acceptors (Lipinski definition) is 6. The molecule has 0 aliphatic carbocycles. The molecule has 0 aromatic heterocycles. The van der Waals surface area contributed by atoms with E-state index >= 15 is 0 Å². The molecule has 2 aromatic carbocycles. The Labute approximate surface area is 154 Å². The van der Waals surface area contributed by atoms with Crippen LogP contribution in [-0.4, -0.2) is 53.3 Å². The van der Waals surface area contributed by atoms with E-state index in [2.05, 4.69) is 9.64 Å². The molecule has 0 atom stereocenters. The minimum Gasteiger partial charge on any atom is -0.465 e. The fourth-order valence-corrected chi connectivity index (χ4v) is 3.15.